The van der Waals surface area contributed by atoms with Crippen molar-refractivity contribution in [1.82, 2.24) is 25.0 Å². The number of ether oxygens (including phenoxy) is 1. The second-order valence-corrected chi connectivity index (χ2v) is 8.40. The number of rotatable bonds is 10. The molecule has 0 bridgehead atoms. The summed E-state index contributed by atoms with van der Waals surface area (Å²) in [7, 11) is 0. The number of anilines is 1. The van der Waals surface area contributed by atoms with Gasteiger partial charge in [-0.15, -0.1) is 5.10 Å². The Hall–Kier alpha value is -2.38. The lowest BCUT2D eigenvalue weighted by Gasteiger charge is -2.17. The van der Waals surface area contributed by atoms with Crippen LogP contribution in [0.1, 0.15) is 68.3 Å². The monoisotopic (exact) mass is 532 g/mol. The minimum atomic E-state index is -4.03. The van der Waals surface area contributed by atoms with Crippen LogP contribution in [0.5, 0.6) is 0 Å². The van der Waals surface area contributed by atoms with Gasteiger partial charge in [0, 0.05) is 32.2 Å². The molecular weight excluding hydrogens is 487 g/mol. The number of halogens is 1. The number of thioether (sulfide) groups is 1. The van der Waals surface area contributed by atoms with Crippen LogP contribution in [0.4, 0.5) is 10.2 Å². The van der Waals surface area contributed by atoms with Crippen molar-refractivity contribution in [2.24, 2.45) is 0 Å². The van der Waals surface area contributed by atoms with Crippen molar-refractivity contribution in [2.75, 3.05) is 24.2 Å². The van der Waals surface area contributed by atoms with Crippen LogP contribution in [-0.4, -0.2) is 83.5 Å². The molecule has 2 aliphatic carbocycles. The first-order valence-electron chi connectivity index (χ1n) is 17.7. The second kappa shape index (κ2) is 10.5. The molecule has 2 saturated carbocycles. The molecule has 10 nitrogen and oxygen atoms in total. The van der Waals surface area contributed by atoms with E-state index in [9.17, 15) is 19.7 Å². The Kier molecular flexibility index (Phi) is 3.93. The van der Waals surface area contributed by atoms with Gasteiger partial charge < -0.3 is 25.4 Å². The second-order valence-electron chi connectivity index (χ2n) is 7.54. The normalized spacial score (nSPS) is 46.7. The van der Waals surface area contributed by atoms with Crippen LogP contribution in [0.25, 0.3) is 11.2 Å². The number of nitrogens with zero attached hydrogens (tertiary/aromatic N) is 5. The van der Waals surface area contributed by atoms with Gasteiger partial charge >= 0.3 is 0 Å². The summed E-state index contributed by atoms with van der Waals surface area (Å²) in [5.41, 5.74) is -4.45. The molecule has 2 heterocycles. The maximum atomic E-state index is 14.9. The van der Waals surface area contributed by atoms with E-state index in [1.165, 1.54) is 6.92 Å². The third kappa shape index (κ3) is 4.92. The summed E-state index contributed by atoms with van der Waals surface area (Å²) >= 11 is 0.365. The van der Waals surface area contributed by atoms with Crippen LogP contribution < -0.4 is 5.32 Å². The van der Waals surface area contributed by atoms with Gasteiger partial charge in [0.05, 0.1) is 36.3 Å². The molecule has 4 N–H and O–H groups in total. The molecule has 12 heteroatoms. The van der Waals surface area contributed by atoms with E-state index >= 15 is 0 Å². The summed E-state index contributed by atoms with van der Waals surface area (Å²) in [5.74, 6) is -3.60. The topological polar surface area (TPSA) is 138 Å². The van der Waals surface area contributed by atoms with Gasteiger partial charge in [-0.05, 0) is 36.9 Å². The van der Waals surface area contributed by atoms with E-state index in [1.54, 1.807) is 0 Å². The smallest absolute Gasteiger partial charge is 0.191 e. The maximum Gasteiger partial charge on any atom is 0.191 e. The van der Waals surface area contributed by atoms with Crippen LogP contribution >= 0.6 is 11.8 Å². The number of benzene rings is 1. The number of aromatic nitrogens is 5. The summed E-state index contributed by atoms with van der Waals surface area (Å²) in [5, 5.41) is 40.7. The fourth-order valence-electron chi connectivity index (χ4n) is 3.24. The average molecular weight is 533 g/mol. The zero-order valence-electron chi connectivity index (χ0n) is 33.0. The van der Waals surface area contributed by atoms with E-state index in [-0.39, 0.29) is 16.7 Å². The number of hydrogen-bond donors (Lipinski definition) is 4. The lowest BCUT2D eigenvalue weighted by molar-refractivity contribution is -0.0629. The van der Waals surface area contributed by atoms with Gasteiger partial charge in [-0.25, -0.2) is 19.0 Å². The minimum absolute atomic E-state index is 0.132. The molecule has 2 fully saturated rings. The highest BCUT2D eigenvalue weighted by molar-refractivity contribution is 7.99. The van der Waals surface area contributed by atoms with Gasteiger partial charge in [-0.1, -0.05) is 36.0 Å². The van der Waals surface area contributed by atoms with Gasteiger partial charge in [-0.2, -0.15) is 0 Å². The summed E-state index contributed by atoms with van der Waals surface area (Å²) in [6, 6.07) is -8.58. The Morgan fingerprint density at radius 2 is 2.19 bits per heavy atom. The minimum Gasteiger partial charge on any atom is -0.394 e. The lowest BCUT2D eigenvalue weighted by atomic mass is 10.1. The Bertz CT molecular complexity index is 1860. The van der Waals surface area contributed by atoms with Crippen molar-refractivity contribution >= 4 is 28.7 Å². The van der Waals surface area contributed by atoms with Crippen molar-refractivity contribution in [2.45, 2.75) is 74.4 Å². The van der Waals surface area contributed by atoms with Crippen LogP contribution in [0.2, 0.25) is 0 Å². The summed E-state index contributed by atoms with van der Waals surface area (Å²) in [4.78, 5) is 8.22. The number of nitrogens with one attached hydrogen (secondary N) is 1. The first kappa shape index (κ1) is 13.4. The molecule has 0 unspecified atom stereocenters. The number of aliphatic hydroxyl groups excluding tert-OH is 1. The quantitative estimate of drug-likeness (QED) is 0.227. The predicted molar refractivity (Wildman–Crippen MR) is 133 cm³/mol. The molecule has 0 aliphatic heterocycles. The summed E-state index contributed by atoms with van der Waals surface area (Å²) in [6.45, 7) is 0.903. The van der Waals surface area contributed by atoms with Gasteiger partial charge in [0.1, 0.15) is 18.0 Å². The molecule has 0 spiro atoms. The van der Waals surface area contributed by atoms with Crippen LogP contribution in [0.15, 0.2) is 23.3 Å². The van der Waals surface area contributed by atoms with Gasteiger partial charge in [-0.3, -0.25) is 0 Å². The van der Waals surface area contributed by atoms with E-state index in [0.717, 1.165) is 6.92 Å². The van der Waals surface area contributed by atoms with Crippen molar-refractivity contribution < 1.29 is 43.6 Å². The molecule has 194 valence electrons. The molecule has 1 aromatic carbocycles. The van der Waals surface area contributed by atoms with Gasteiger partial charge in [0.2, 0.25) is 0 Å². The first-order chi connectivity index (χ1) is 22.7. The molecule has 2 aromatic heterocycles. The third-order valence-corrected chi connectivity index (χ3v) is 5.84. The zero-order chi connectivity index (χ0) is 38.0. The Morgan fingerprint density at radius 3 is 2.97 bits per heavy atom. The van der Waals surface area contributed by atoms with Crippen LogP contribution in [-0.2, 0) is 4.74 Å². The van der Waals surface area contributed by atoms with E-state index in [1.807, 2.05) is 0 Å². The number of aliphatic hydroxyl groups is 3. The zero-order valence-corrected chi connectivity index (χ0v) is 19.8. The molecule has 2 aliphatic rings. The molecule has 0 saturated heterocycles. The SMILES string of the molecule is [2H]c1c([2H])c([C@@H]2C([2H])([2H])[C@@]2([2H])Nc2nc(SC([2H])([2H])CC)nc3c2nnn3[C@]2([2H])C([2H])([2H])[C@]([2H])(OCCO)[C@@]([2H])(O)[C@@]2([2H])O)c([2H])c(F)c1C. The first-order valence-corrected chi connectivity index (χ1v) is 11.6. The highest BCUT2D eigenvalue weighted by Gasteiger charge is 2.45. The van der Waals surface area contributed by atoms with Gasteiger partial charge in [0.15, 0.2) is 22.1 Å². The Balaban J connectivity index is 1.74. The summed E-state index contributed by atoms with van der Waals surface area (Å²) < 4.78 is 139. The van der Waals surface area contributed by atoms with E-state index in [0.29, 0.717) is 11.8 Å². The molecule has 6 atom stereocenters. The maximum absolute atomic E-state index is 14.9. The molecule has 0 radical (unpaired) electrons. The van der Waals surface area contributed by atoms with Crippen molar-refractivity contribution in [3.8, 4) is 0 Å². The fraction of sp³-hybridized carbons (Fsp3) is 0.583. The van der Waals surface area contributed by atoms with Crippen molar-refractivity contribution in [3.05, 3.63) is 35.1 Å². The highest BCUT2D eigenvalue weighted by Crippen LogP contribution is 2.44. The number of hydrogen-bond acceptors (Lipinski definition) is 10. The molecular formula is C24H31FN6O4S. The molecule has 0 amide bonds. The fourth-order valence-corrected chi connectivity index (χ4v) is 3.78. The molecule has 5 rings (SSSR count). The Labute approximate surface area is 232 Å². The van der Waals surface area contributed by atoms with Crippen LogP contribution in [0.3, 0.4) is 0 Å². The lowest BCUT2D eigenvalue weighted by Crippen LogP contribution is -2.33. The van der Waals surface area contributed by atoms with E-state index in [4.69, 9.17) is 23.9 Å². The highest BCUT2D eigenvalue weighted by atomic mass is 32.2. The van der Waals surface area contributed by atoms with E-state index in [2.05, 4.69) is 25.6 Å². The Morgan fingerprint density at radius 1 is 1.36 bits per heavy atom. The standard InChI is InChI=1S/C24H31FN6O4S/c1-3-8-36-24-27-22(26-16-10-14(16)13-5-4-12(2)15(25)9-13)19-23(28-24)31(30-29-19)17-11-18(35-7-6-32)21(34)20(17)33/h4-5,9,14,16-18,20-21,32-34H,3,6-8,10-11H2,1-2H3,(H,26,27,28)/t14-,16+,17+,18-,20-,21+/m0/s1/i4D,5D,8D2,9D,10D2,11D2,16D,17D,18D,20D,21D. The largest absolute Gasteiger partial charge is 0.394 e. The van der Waals surface area contributed by atoms with Crippen molar-refractivity contribution in [1.29, 1.82) is 0 Å². The van der Waals surface area contributed by atoms with Crippen LogP contribution in [0, 0.1) is 12.7 Å². The molecule has 36 heavy (non-hydrogen) atoms. The summed E-state index contributed by atoms with van der Waals surface area (Å²) in [6.07, 6.45) is -18.2. The average Bonchev–Trinajstić information content (AvgIpc) is 3.26. The molecule has 3 aromatic rings. The van der Waals surface area contributed by atoms with Crippen molar-refractivity contribution in [3.63, 3.8) is 0 Å². The third-order valence-electron chi connectivity index (χ3n) is 5.04. The number of fused-ring (bicyclic) bond motifs is 1. The predicted octanol–water partition coefficient (Wildman–Crippen LogP) is 2.18. The van der Waals surface area contributed by atoms with Gasteiger partial charge in [0.25, 0.3) is 0 Å². The van der Waals surface area contributed by atoms with E-state index < -0.39 is 120 Å².